The van der Waals surface area contributed by atoms with Crippen molar-refractivity contribution in [3.8, 4) is 5.75 Å². The molecule has 2 aromatic carbocycles. The van der Waals surface area contributed by atoms with E-state index in [4.69, 9.17) is 4.74 Å². The zero-order valence-corrected chi connectivity index (χ0v) is 12.9. The van der Waals surface area contributed by atoms with Gasteiger partial charge in [0.2, 0.25) is 5.91 Å². The molecule has 1 fully saturated rings. The van der Waals surface area contributed by atoms with Crippen molar-refractivity contribution in [1.29, 1.82) is 0 Å². The molecule has 0 saturated carbocycles. The number of carbonyl (C=O) groups is 1. The molecule has 1 aliphatic heterocycles. The molecule has 3 rings (SSSR count). The van der Waals surface area contributed by atoms with Crippen LogP contribution in [0.25, 0.3) is 10.8 Å². The Balaban J connectivity index is 1.65. The fraction of sp³-hybridized carbons (Fsp3) is 0.389. The molecule has 0 aliphatic carbocycles. The van der Waals surface area contributed by atoms with Gasteiger partial charge in [-0.25, -0.2) is 0 Å². The lowest BCUT2D eigenvalue weighted by Gasteiger charge is -2.22. The third kappa shape index (κ3) is 3.39. The monoisotopic (exact) mass is 298 g/mol. The van der Waals surface area contributed by atoms with Crippen LogP contribution in [0.1, 0.15) is 24.8 Å². The minimum Gasteiger partial charge on any atom is -0.497 e. The summed E-state index contributed by atoms with van der Waals surface area (Å²) in [6, 6.07) is 12.2. The second kappa shape index (κ2) is 6.79. The van der Waals surface area contributed by atoms with Crippen LogP contribution in [0.4, 0.5) is 0 Å². The molecule has 0 spiro atoms. The molecule has 116 valence electrons. The summed E-state index contributed by atoms with van der Waals surface area (Å²) in [7, 11) is 1.67. The quantitative estimate of drug-likeness (QED) is 0.912. The molecule has 0 bridgehead atoms. The van der Waals surface area contributed by atoms with E-state index in [1.165, 1.54) is 0 Å². The normalized spacial score (nSPS) is 18.1. The van der Waals surface area contributed by atoms with Gasteiger partial charge in [-0.1, -0.05) is 24.6 Å². The van der Waals surface area contributed by atoms with Crippen LogP contribution in [-0.2, 0) is 11.3 Å². The summed E-state index contributed by atoms with van der Waals surface area (Å²) in [6.07, 6.45) is 3.23. The predicted molar refractivity (Wildman–Crippen MR) is 88.0 cm³/mol. The van der Waals surface area contributed by atoms with Crippen molar-refractivity contribution in [2.45, 2.75) is 31.8 Å². The molecule has 2 aromatic rings. The largest absolute Gasteiger partial charge is 0.497 e. The minimum absolute atomic E-state index is 0.0292. The van der Waals surface area contributed by atoms with Crippen molar-refractivity contribution >= 4 is 16.7 Å². The van der Waals surface area contributed by atoms with E-state index in [0.29, 0.717) is 6.54 Å². The molecule has 4 nitrogen and oxygen atoms in total. The van der Waals surface area contributed by atoms with Gasteiger partial charge in [-0.15, -0.1) is 0 Å². The number of ether oxygens (including phenoxy) is 1. The van der Waals surface area contributed by atoms with Crippen LogP contribution in [0.15, 0.2) is 36.4 Å². The van der Waals surface area contributed by atoms with Crippen LogP contribution in [0.3, 0.4) is 0 Å². The number of carbonyl (C=O) groups excluding carboxylic acids is 1. The van der Waals surface area contributed by atoms with Gasteiger partial charge in [0.15, 0.2) is 0 Å². The average Bonchev–Trinajstić information content (AvgIpc) is 2.59. The van der Waals surface area contributed by atoms with E-state index >= 15 is 0 Å². The van der Waals surface area contributed by atoms with Crippen LogP contribution in [0, 0.1) is 0 Å². The van der Waals surface area contributed by atoms with E-state index < -0.39 is 0 Å². The molecule has 4 heteroatoms. The summed E-state index contributed by atoms with van der Waals surface area (Å²) in [5.74, 6) is 0.964. The molecular weight excluding hydrogens is 276 g/mol. The Morgan fingerprint density at radius 2 is 2.05 bits per heavy atom. The van der Waals surface area contributed by atoms with Gasteiger partial charge in [0, 0.05) is 6.54 Å². The number of hydrogen-bond acceptors (Lipinski definition) is 3. The molecule has 2 N–H and O–H groups in total. The van der Waals surface area contributed by atoms with Crippen LogP contribution in [-0.4, -0.2) is 25.6 Å². The maximum Gasteiger partial charge on any atom is 0.237 e. The maximum atomic E-state index is 12.1. The maximum absolute atomic E-state index is 12.1. The zero-order chi connectivity index (χ0) is 15.4. The Kier molecular flexibility index (Phi) is 4.59. The van der Waals surface area contributed by atoms with E-state index in [0.717, 1.165) is 47.9 Å². The van der Waals surface area contributed by atoms with Crippen molar-refractivity contribution in [1.82, 2.24) is 10.6 Å². The summed E-state index contributed by atoms with van der Waals surface area (Å²) < 4.78 is 5.23. The summed E-state index contributed by atoms with van der Waals surface area (Å²) in [4.78, 5) is 12.1. The first kappa shape index (κ1) is 14.9. The molecule has 1 heterocycles. The van der Waals surface area contributed by atoms with Gasteiger partial charge in [0.1, 0.15) is 5.75 Å². The highest BCUT2D eigenvalue weighted by Gasteiger charge is 2.19. The van der Waals surface area contributed by atoms with Gasteiger partial charge in [-0.3, -0.25) is 4.79 Å². The van der Waals surface area contributed by atoms with Crippen molar-refractivity contribution in [2.24, 2.45) is 0 Å². The molecule has 0 radical (unpaired) electrons. The Labute approximate surface area is 130 Å². The Bertz CT molecular complexity index is 663. The molecule has 1 atom stereocenters. The van der Waals surface area contributed by atoms with Crippen LogP contribution in [0.5, 0.6) is 5.75 Å². The lowest BCUT2D eigenvalue weighted by atomic mass is 10.0. The third-order valence-corrected chi connectivity index (χ3v) is 4.21. The minimum atomic E-state index is -0.0292. The van der Waals surface area contributed by atoms with E-state index in [-0.39, 0.29) is 11.9 Å². The first-order chi connectivity index (χ1) is 10.8. The highest BCUT2D eigenvalue weighted by Crippen LogP contribution is 2.21. The third-order valence-electron chi connectivity index (χ3n) is 4.21. The number of benzene rings is 2. The summed E-state index contributed by atoms with van der Waals surface area (Å²) in [5, 5.41) is 8.60. The van der Waals surface area contributed by atoms with Gasteiger partial charge in [-0.2, -0.15) is 0 Å². The Morgan fingerprint density at radius 1 is 1.23 bits per heavy atom. The number of rotatable bonds is 4. The number of fused-ring (bicyclic) bond motifs is 1. The molecule has 1 amide bonds. The average molecular weight is 298 g/mol. The summed E-state index contributed by atoms with van der Waals surface area (Å²) >= 11 is 0. The fourth-order valence-corrected chi connectivity index (χ4v) is 2.90. The standard InChI is InChI=1S/C18H22N2O2/c1-22-16-8-7-14-10-13(5-6-15(14)11-16)12-20-18(21)17-4-2-3-9-19-17/h5-8,10-11,17,19H,2-4,9,12H2,1H3,(H,20,21)/t17-/m0/s1. The summed E-state index contributed by atoms with van der Waals surface area (Å²) in [6.45, 7) is 1.51. The number of amides is 1. The first-order valence-electron chi connectivity index (χ1n) is 7.84. The molecule has 1 saturated heterocycles. The second-order valence-corrected chi connectivity index (χ2v) is 5.77. The number of nitrogens with one attached hydrogen (secondary N) is 2. The SMILES string of the molecule is COc1ccc2cc(CNC(=O)[C@@H]3CCCCN3)ccc2c1. The molecular formula is C18H22N2O2. The second-order valence-electron chi connectivity index (χ2n) is 5.77. The van der Waals surface area contributed by atoms with Gasteiger partial charge in [-0.05, 0) is 53.9 Å². The topological polar surface area (TPSA) is 50.4 Å². The van der Waals surface area contributed by atoms with Gasteiger partial charge < -0.3 is 15.4 Å². The van der Waals surface area contributed by atoms with Crippen LogP contribution in [0.2, 0.25) is 0 Å². The van der Waals surface area contributed by atoms with Crippen molar-refractivity contribution < 1.29 is 9.53 Å². The predicted octanol–water partition coefficient (Wildman–Crippen LogP) is 2.61. The number of hydrogen-bond donors (Lipinski definition) is 2. The van der Waals surface area contributed by atoms with Crippen LogP contribution >= 0.6 is 0 Å². The molecule has 22 heavy (non-hydrogen) atoms. The summed E-state index contributed by atoms with van der Waals surface area (Å²) in [5.41, 5.74) is 1.11. The Morgan fingerprint density at radius 3 is 2.82 bits per heavy atom. The van der Waals surface area contributed by atoms with Gasteiger partial charge in [0.05, 0.1) is 13.2 Å². The van der Waals surface area contributed by atoms with E-state index in [1.54, 1.807) is 7.11 Å². The highest BCUT2D eigenvalue weighted by molar-refractivity contribution is 5.85. The molecule has 1 aliphatic rings. The van der Waals surface area contributed by atoms with E-state index in [2.05, 4.69) is 28.8 Å². The number of methoxy groups -OCH3 is 1. The fourth-order valence-electron chi connectivity index (χ4n) is 2.90. The molecule has 0 aromatic heterocycles. The van der Waals surface area contributed by atoms with E-state index in [9.17, 15) is 4.79 Å². The van der Waals surface area contributed by atoms with Gasteiger partial charge >= 0.3 is 0 Å². The Hall–Kier alpha value is -2.07. The zero-order valence-electron chi connectivity index (χ0n) is 12.9. The van der Waals surface area contributed by atoms with Gasteiger partial charge in [0.25, 0.3) is 0 Å². The molecule has 0 unspecified atom stereocenters. The first-order valence-corrected chi connectivity index (χ1v) is 7.84. The van der Waals surface area contributed by atoms with Crippen LogP contribution < -0.4 is 15.4 Å². The highest BCUT2D eigenvalue weighted by atomic mass is 16.5. The smallest absolute Gasteiger partial charge is 0.237 e. The lowest BCUT2D eigenvalue weighted by Crippen LogP contribution is -2.46. The van der Waals surface area contributed by atoms with Crippen molar-refractivity contribution in [3.63, 3.8) is 0 Å². The van der Waals surface area contributed by atoms with Crippen molar-refractivity contribution in [2.75, 3.05) is 13.7 Å². The van der Waals surface area contributed by atoms with Crippen molar-refractivity contribution in [3.05, 3.63) is 42.0 Å². The number of piperidine rings is 1. The van der Waals surface area contributed by atoms with E-state index in [1.807, 2.05) is 18.2 Å². The lowest BCUT2D eigenvalue weighted by molar-refractivity contribution is -0.123.